The van der Waals surface area contributed by atoms with Gasteiger partial charge in [0.15, 0.2) is 17.1 Å². The summed E-state index contributed by atoms with van der Waals surface area (Å²) in [7, 11) is 3.51. The van der Waals surface area contributed by atoms with Crippen LogP contribution in [0.5, 0.6) is 11.5 Å². The molecule has 3 rings (SSSR count). The first-order valence-electron chi connectivity index (χ1n) is 8.54. The molecule has 28 heavy (non-hydrogen) atoms. The number of nitro benzene ring substituents is 1. The summed E-state index contributed by atoms with van der Waals surface area (Å²) in [4.78, 5) is 10.3. The summed E-state index contributed by atoms with van der Waals surface area (Å²) in [5.41, 5.74) is 1.06. The number of ether oxygens (including phenoxy) is 2. The van der Waals surface area contributed by atoms with Crippen LogP contribution < -0.4 is 9.47 Å². The number of nitro groups is 1. The Bertz CT molecular complexity index is 942. The van der Waals surface area contributed by atoms with Gasteiger partial charge < -0.3 is 14.0 Å². The number of methoxy groups -OCH3 is 1. The molecule has 2 aromatic carbocycles. The van der Waals surface area contributed by atoms with Gasteiger partial charge in [0.25, 0.3) is 5.69 Å². The van der Waals surface area contributed by atoms with E-state index in [4.69, 9.17) is 9.47 Å². The molecule has 1 atom stereocenters. The Morgan fingerprint density at radius 3 is 2.36 bits per heavy atom. The number of aromatic nitrogens is 3. The number of thioether (sulfide) groups is 1. The molecule has 0 aliphatic rings. The van der Waals surface area contributed by atoms with E-state index in [1.807, 2.05) is 42.8 Å². The third-order valence-corrected chi connectivity index (χ3v) is 5.21. The smallest absolute Gasteiger partial charge is 0.269 e. The van der Waals surface area contributed by atoms with E-state index in [1.54, 1.807) is 19.2 Å². The van der Waals surface area contributed by atoms with Gasteiger partial charge in [0.05, 0.1) is 12.0 Å². The van der Waals surface area contributed by atoms with Crippen LogP contribution in [-0.4, -0.2) is 26.8 Å². The summed E-state index contributed by atoms with van der Waals surface area (Å²) in [5, 5.41) is 20.0. The fourth-order valence-corrected chi connectivity index (χ4v) is 3.45. The van der Waals surface area contributed by atoms with Crippen molar-refractivity contribution in [2.24, 2.45) is 7.05 Å². The Balaban J connectivity index is 1.62. The first kappa shape index (κ1) is 19.7. The van der Waals surface area contributed by atoms with Crippen LogP contribution in [0, 0.1) is 10.1 Å². The van der Waals surface area contributed by atoms with Gasteiger partial charge in [-0.25, -0.2) is 0 Å². The van der Waals surface area contributed by atoms with Crippen LogP contribution >= 0.6 is 11.8 Å². The highest BCUT2D eigenvalue weighted by molar-refractivity contribution is 7.98. The quantitative estimate of drug-likeness (QED) is 0.318. The van der Waals surface area contributed by atoms with Crippen LogP contribution in [0.4, 0.5) is 5.69 Å². The summed E-state index contributed by atoms with van der Waals surface area (Å²) in [6.07, 6.45) is -0.278. The number of hydrogen-bond donors (Lipinski definition) is 0. The van der Waals surface area contributed by atoms with Crippen molar-refractivity contribution in [3.05, 3.63) is 70.0 Å². The Morgan fingerprint density at radius 2 is 1.75 bits per heavy atom. The van der Waals surface area contributed by atoms with Crippen molar-refractivity contribution in [2.45, 2.75) is 23.9 Å². The molecule has 0 fully saturated rings. The van der Waals surface area contributed by atoms with Gasteiger partial charge in [-0.1, -0.05) is 23.9 Å². The van der Waals surface area contributed by atoms with E-state index >= 15 is 0 Å². The van der Waals surface area contributed by atoms with E-state index in [-0.39, 0.29) is 11.8 Å². The first-order chi connectivity index (χ1) is 13.5. The standard InChI is InChI=1S/C19H20N4O4S/c1-13(27-17-10-8-16(26-3)9-11-17)18-20-21-19(22(18)2)28-12-14-4-6-15(7-5-14)23(24)25/h4-11,13H,12H2,1-3H3. The minimum atomic E-state index is -0.407. The largest absolute Gasteiger partial charge is 0.497 e. The molecular weight excluding hydrogens is 380 g/mol. The van der Waals surface area contributed by atoms with Gasteiger partial charge in [0.2, 0.25) is 0 Å². The molecule has 146 valence electrons. The SMILES string of the molecule is COc1ccc(OC(C)c2nnc(SCc3ccc([N+](=O)[O-])cc3)n2C)cc1. The minimum absolute atomic E-state index is 0.0826. The van der Waals surface area contributed by atoms with Crippen molar-refractivity contribution >= 4 is 17.4 Å². The normalized spacial score (nSPS) is 11.8. The van der Waals surface area contributed by atoms with Gasteiger partial charge in [-0.3, -0.25) is 10.1 Å². The zero-order chi connectivity index (χ0) is 20.1. The molecule has 3 aromatic rings. The fraction of sp³-hybridized carbons (Fsp3) is 0.263. The van der Waals surface area contributed by atoms with Crippen LogP contribution in [0.2, 0.25) is 0 Å². The third-order valence-electron chi connectivity index (χ3n) is 4.12. The van der Waals surface area contributed by atoms with Crippen LogP contribution in [-0.2, 0) is 12.8 Å². The van der Waals surface area contributed by atoms with Crippen molar-refractivity contribution < 1.29 is 14.4 Å². The summed E-state index contributed by atoms with van der Waals surface area (Å²) in [5.74, 6) is 2.83. The maximum Gasteiger partial charge on any atom is 0.269 e. The molecule has 1 unspecified atom stereocenters. The molecule has 8 nitrogen and oxygen atoms in total. The van der Waals surface area contributed by atoms with Crippen molar-refractivity contribution in [3.63, 3.8) is 0 Å². The molecule has 9 heteroatoms. The van der Waals surface area contributed by atoms with Gasteiger partial charge in [-0.2, -0.15) is 0 Å². The maximum atomic E-state index is 10.7. The molecule has 0 aliphatic carbocycles. The lowest BCUT2D eigenvalue weighted by Gasteiger charge is -2.14. The molecule has 1 aromatic heterocycles. The molecule has 0 saturated heterocycles. The molecule has 1 heterocycles. The molecule has 0 spiro atoms. The second-order valence-electron chi connectivity index (χ2n) is 6.05. The van der Waals surface area contributed by atoms with Gasteiger partial charge in [-0.15, -0.1) is 10.2 Å². The van der Waals surface area contributed by atoms with E-state index in [9.17, 15) is 10.1 Å². The van der Waals surface area contributed by atoms with Crippen LogP contribution in [0.15, 0.2) is 53.7 Å². The van der Waals surface area contributed by atoms with Gasteiger partial charge >= 0.3 is 0 Å². The molecule has 0 N–H and O–H groups in total. The lowest BCUT2D eigenvalue weighted by atomic mass is 10.2. The van der Waals surface area contributed by atoms with Crippen LogP contribution in [0.1, 0.15) is 24.4 Å². The van der Waals surface area contributed by atoms with Crippen molar-refractivity contribution in [1.29, 1.82) is 0 Å². The highest BCUT2D eigenvalue weighted by Gasteiger charge is 2.17. The van der Waals surface area contributed by atoms with Crippen molar-refractivity contribution in [2.75, 3.05) is 7.11 Å². The van der Waals surface area contributed by atoms with Crippen LogP contribution in [0.25, 0.3) is 0 Å². The second kappa shape index (κ2) is 8.75. The predicted octanol–water partition coefficient (Wildman–Crippen LogP) is 4.16. The first-order valence-corrected chi connectivity index (χ1v) is 9.52. The lowest BCUT2D eigenvalue weighted by molar-refractivity contribution is -0.384. The number of non-ortho nitro benzene ring substituents is 1. The van der Waals surface area contributed by atoms with Crippen molar-refractivity contribution in [1.82, 2.24) is 14.8 Å². The number of hydrogen-bond acceptors (Lipinski definition) is 7. The van der Waals surface area contributed by atoms with Gasteiger partial charge in [0, 0.05) is 24.9 Å². The fourth-order valence-electron chi connectivity index (χ4n) is 2.58. The summed E-state index contributed by atoms with van der Waals surface area (Å²) in [6, 6.07) is 13.9. The third kappa shape index (κ3) is 4.61. The Hall–Kier alpha value is -3.07. The minimum Gasteiger partial charge on any atom is -0.497 e. The summed E-state index contributed by atoms with van der Waals surface area (Å²) in [6.45, 7) is 1.92. The summed E-state index contributed by atoms with van der Waals surface area (Å²) < 4.78 is 13.0. The molecule has 0 radical (unpaired) electrons. The van der Waals surface area contributed by atoms with E-state index < -0.39 is 4.92 Å². The second-order valence-corrected chi connectivity index (χ2v) is 6.99. The highest BCUT2D eigenvalue weighted by Crippen LogP contribution is 2.27. The monoisotopic (exact) mass is 400 g/mol. The van der Waals surface area contributed by atoms with E-state index in [2.05, 4.69) is 10.2 Å². The van der Waals surface area contributed by atoms with E-state index in [0.717, 1.165) is 22.2 Å². The Morgan fingerprint density at radius 1 is 1.11 bits per heavy atom. The topological polar surface area (TPSA) is 92.3 Å². The van der Waals surface area contributed by atoms with E-state index in [1.165, 1.54) is 23.9 Å². The van der Waals surface area contributed by atoms with E-state index in [0.29, 0.717) is 11.6 Å². The van der Waals surface area contributed by atoms with Gasteiger partial charge in [-0.05, 0) is 36.8 Å². The number of rotatable bonds is 8. The zero-order valence-electron chi connectivity index (χ0n) is 15.7. The molecule has 0 aliphatic heterocycles. The molecule has 0 bridgehead atoms. The maximum absolute atomic E-state index is 10.7. The zero-order valence-corrected chi connectivity index (χ0v) is 16.5. The number of nitrogens with zero attached hydrogens (tertiary/aromatic N) is 4. The highest BCUT2D eigenvalue weighted by atomic mass is 32.2. The van der Waals surface area contributed by atoms with Crippen molar-refractivity contribution in [3.8, 4) is 11.5 Å². The molecule has 0 saturated carbocycles. The average molecular weight is 400 g/mol. The summed E-state index contributed by atoms with van der Waals surface area (Å²) >= 11 is 1.51. The lowest BCUT2D eigenvalue weighted by Crippen LogP contribution is -2.10. The molecule has 0 amide bonds. The Labute approximate surface area is 166 Å². The Kier molecular flexibility index (Phi) is 6.15. The molecular formula is C19H20N4O4S. The predicted molar refractivity (Wildman–Crippen MR) is 106 cm³/mol. The average Bonchev–Trinajstić information content (AvgIpc) is 3.08. The van der Waals surface area contributed by atoms with Crippen LogP contribution in [0.3, 0.4) is 0 Å². The van der Waals surface area contributed by atoms with Gasteiger partial charge in [0.1, 0.15) is 11.5 Å². The number of benzene rings is 2.